The predicted octanol–water partition coefficient (Wildman–Crippen LogP) is 4.57. The zero-order valence-corrected chi connectivity index (χ0v) is 14.7. The summed E-state index contributed by atoms with van der Waals surface area (Å²) in [6.45, 7) is 1.91. The van der Waals surface area contributed by atoms with Crippen LogP contribution in [0.1, 0.15) is 42.6 Å². The third-order valence-electron chi connectivity index (χ3n) is 5.91. The SMILES string of the molecule is CC(=O)N1CC2(CC2)c2c([nH]c3cccc(F)c23)C1c1ccc(F)c(F)c1. The molecule has 0 radical (unpaired) electrons. The van der Waals surface area contributed by atoms with Gasteiger partial charge in [-0.25, -0.2) is 13.2 Å². The maximum absolute atomic E-state index is 14.7. The molecule has 6 heteroatoms. The Morgan fingerprint density at radius 1 is 1.11 bits per heavy atom. The molecule has 2 heterocycles. The van der Waals surface area contributed by atoms with Crippen molar-refractivity contribution in [2.75, 3.05) is 6.54 Å². The van der Waals surface area contributed by atoms with Gasteiger partial charge in [-0.2, -0.15) is 0 Å². The number of halogens is 3. The van der Waals surface area contributed by atoms with Crippen molar-refractivity contribution in [2.45, 2.75) is 31.2 Å². The van der Waals surface area contributed by atoms with E-state index in [2.05, 4.69) is 4.98 Å². The van der Waals surface area contributed by atoms with Crippen molar-refractivity contribution in [1.82, 2.24) is 9.88 Å². The molecule has 1 spiro atoms. The summed E-state index contributed by atoms with van der Waals surface area (Å²) in [5.41, 5.74) is 2.43. The van der Waals surface area contributed by atoms with E-state index in [4.69, 9.17) is 0 Å². The maximum atomic E-state index is 14.7. The highest BCUT2D eigenvalue weighted by atomic mass is 19.2. The number of aromatic amines is 1. The predicted molar refractivity (Wildman–Crippen MR) is 94.8 cm³/mol. The van der Waals surface area contributed by atoms with Crippen LogP contribution in [0.4, 0.5) is 13.2 Å². The largest absolute Gasteiger partial charge is 0.356 e. The minimum atomic E-state index is -0.966. The number of hydrogen-bond acceptors (Lipinski definition) is 1. The number of fused-ring (bicyclic) bond motifs is 4. The molecule has 2 aromatic carbocycles. The highest BCUT2D eigenvalue weighted by molar-refractivity contribution is 5.89. The van der Waals surface area contributed by atoms with E-state index in [1.807, 2.05) is 0 Å². The first-order valence-corrected chi connectivity index (χ1v) is 8.94. The van der Waals surface area contributed by atoms with Crippen molar-refractivity contribution in [3.63, 3.8) is 0 Å². The summed E-state index contributed by atoms with van der Waals surface area (Å²) in [4.78, 5) is 17.4. The number of H-pyrrole nitrogens is 1. The van der Waals surface area contributed by atoms with Crippen molar-refractivity contribution in [3.8, 4) is 0 Å². The fourth-order valence-electron chi connectivity index (χ4n) is 4.51. The van der Waals surface area contributed by atoms with Gasteiger partial charge in [-0.1, -0.05) is 12.1 Å². The van der Waals surface area contributed by atoms with Crippen LogP contribution >= 0.6 is 0 Å². The first kappa shape index (κ1) is 16.4. The first-order valence-electron chi connectivity index (χ1n) is 8.94. The molecule has 1 unspecified atom stereocenters. The van der Waals surface area contributed by atoms with Crippen LogP contribution in [-0.4, -0.2) is 22.3 Å². The zero-order chi connectivity index (χ0) is 18.9. The fraction of sp³-hybridized carbons (Fsp3) is 0.286. The van der Waals surface area contributed by atoms with Gasteiger partial charge in [0.1, 0.15) is 5.82 Å². The van der Waals surface area contributed by atoms with E-state index in [0.29, 0.717) is 28.7 Å². The van der Waals surface area contributed by atoms with E-state index in [0.717, 1.165) is 30.5 Å². The van der Waals surface area contributed by atoms with E-state index < -0.39 is 17.7 Å². The molecule has 1 N–H and O–H groups in total. The molecule has 5 rings (SSSR count). The van der Waals surface area contributed by atoms with E-state index in [1.54, 1.807) is 17.0 Å². The van der Waals surface area contributed by atoms with Crippen molar-refractivity contribution < 1.29 is 18.0 Å². The van der Waals surface area contributed by atoms with Crippen LogP contribution in [0.15, 0.2) is 36.4 Å². The minimum absolute atomic E-state index is 0.152. The molecule has 1 aromatic heterocycles. The number of nitrogens with zero attached hydrogens (tertiary/aromatic N) is 1. The maximum Gasteiger partial charge on any atom is 0.220 e. The van der Waals surface area contributed by atoms with Crippen LogP contribution in [0.25, 0.3) is 10.9 Å². The lowest BCUT2D eigenvalue weighted by Gasteiger charge is -2.40. The van der Waals surface area contributed by atoms with Gasteiger partial charge in [-0.15, -0.1) is 0 Å². The van der Waals surface area contributed by atoms with Gasteiger partial charge in [-0.3, -0.25) is 4.79 Å². The van der Waals surface area contributed by atoms with Crippen molar-refractivity contribution in [2.24, 2.45) is 0 Å². The number of aromatic nitrogens is 1. The third-order valence-corrected chi connectivity index (χ3v) is 5.91. The monoisotopic (exact) mass is 370 g/mol. The van der Waals surface area contributed by atoms with Crippen LogP contribution in [-0.2, 0) is 10.2 Å². The molecule has 1 atom stereocenters. The molecule has 3 aromatic rings. The molecule has 1 amide bonds. The average molecular weight is 370 g/mol. The topological polar surface area (TPSA) is 36.1 Å². The zero-order valence-electron chi connectivity index (χ0n) is 14.7. The number of rotatable bonds is 1. The lowest BCUT2D eigenvalue weighted by atomic mass is 9.83. The first-order chi connectivity index (χ1) is 12.9. The van der Waals surface area contributed by atoms with Crippen LogP contribution in [0.2, 0.25) is 0 Å². The third kappa shape index (κ3) is 2.25. The van der Waals surface area contributed by atoms with Crippen molar-refractivity contribution in [1.29, 1.82) is 0 Å². The molecule has 1 fully saturated rings. The van der Waals surface area contributed by atoms with Crippen LogP contribution in [0.5, 0.6) is 0 Å². The Morgan fingerprint density at radius 3 is 2.56 bits per heavy atom. The molecule has 1 saturated carbocycles. The fourth-order valence-corrected chi connectivity index (χ4v) is 4.51. The molecule has 1 aliphatic heterocycles. The smallest absolute Gasteiger partial charge is 0.220 e. The second-order valence-electron chi connectivity index (χ2n) is 7.58. The lowest BCUT2D eigenvalue weighted by molar-refractivity contribution is -0.131. The summed E-state index contributed by atoms with van der Waals surface area (Å²) in [5, 5.41) is 0.542. The van der Waals surface area contributed by atoms with E-state index in [1.165, 1.54) is 19.1 Å². The highest BCUT2D eigenvalue weighted by Gasteiger charge is 2.54. The molecule has 0 bridgehead atoms. The molecular weight excluding hydrogens is 353 g/mol. The summed E-state index contributed by atoms with van der Waals surface area (Å²) >= 11 is 0. The second-order valence-corrected chi connectivity index (χ2v) is 7.58. The summed E-state index contributed by atoms with van der Waals surface area (Å²) in [7, 11) is 0. The minimum Gasteiger partial charge on any atom is -0.356 e. The molecule has 1 aliphatic carbocycles. The summed E-state index contributed by atoms with van der Waals surface area (Å²) in [6, 6.07) is 7.92. The van der Waals surface area contributed by atoms with Crippen molar-refractivity contribution in [3.05, 3.63) is 70.7 Å². The van der Waals surface area contributed by atoms with Gasteiger partial charge < -0.3 is 9.88 Å². The molecule has 3 nitrogen and oxygen atoms in total. The van der Waals surface area contributed by atoms with Gasteiger partial charge in [0.2, 0.25) is 5.91 Å². The molecular formula is C21H17F3N2O. The lowest BCUT2D eigenvalue weighted by Crippen LogP contribution is -2.44. The van der Waals surface area contributed by atoms with Crippen molar-refractivity contribution >= 4 is 16.8 Å². The van der Waals surface area contributed by atoms with E-state index in [-0.39, 0.29) is 17.1 Å². The standard InChI is InChI=1S/C21H17F3N2O/c1-11(27)26-10-21(7-8-21)18-17-14(23)3-2-4-16(17)25-19(18)20(26)12-5-6-13(22)15(24)9-12/h2-6,9,20,25H,7-8,10H2,1H3. The number of hydrogen-bond donors (Lipinski definition) is 1. The van der Waals surface area contributed by atoms with Gasteiger partial charge in [0, 0.05) is 35.5 Å². The van der Waals surface area contributed by atoms with E-state index >= 15 is 0 Å². The van der Waals surface area contributed by atoms with Gasteiger partial charge in [0.15, 0.2) is 11.6 Å². The van der Waals surface area contributed by atoms with Crippen LogP contribution < -0.4 is 0 Å². The van der Waals surface area contributed by atoms with Gasteiger partial charge in [0.05, 0.1) is 6.04 Å². The van der Waals surface area contributed by atoms with Gasteiger partial charge in [0.25, 0.3) is 0 Å². The molecule has 27 heavy (non-hydrogen) atoms. The van der Waals surface area contributed by atoms with E-state index in [9.17, 15) is 18.0 Å². The summed E-state index contributed by atoms with van der Waals surface area (Å²) in [5.74, 6) is -2.37. The Labute approximate surface area is 153 Å². The second kappa shape index (κ2) is 5.38. The Morgan fingerprint density at radius 2 is 1.89 bits per heavy atom. The van der Waals surface area contributed by atoms with Gasteiger partial charge >= 0.3 is 0 Å². The number of nitrogens with one attached hydrogen (secondary N) is 1. The van der Waals surface area contributed by atoms with Gasteiger partial charge in [-0.05, 0) is 48.2 Å². The highest BCUT2D eigenvalue weighted by Crippen LogP contribution is 2.58. The number of benzene rings is 2. The molecule has 2 aliphatic rings. The number of carbonyl (C=O) groups is 1. The normalized spacial score (nSPS) is 20.1. The summed E-state index contributed by atoms with van der Waals surface area (Å²) in [6.07, 6.45) is 1.74. The Hall–Kier alpha value is -2.76. The Balaban J connectivity index is 1.81. The van der Waals surface area contributed by atoms with Crippen LogP contribution in [0, 0.1) is 17.5 Å². The molecule has 138 valence electrons. The Kier molecular flexibility index (Phi) is 3.27. The molecule has 0 saturated heterocycles. The quantitative estimate of drug-likeness (QED) is 0.669. The van der Waals surface area contributed by atoms with Crippen LogP contribution in [0.3, 0.4) is 0 Å². The average Bonchev–Trinajstić information content (AvgIpc) is 3.27. The Bertz CT molecular complexity index is 1100. The number of amides is 1. The summed E-state index contributed by atoms with van der Waals surface area (Å²) < 4.78 is 42.1. The number of carbonyl (C=O) groups excluding carboxylic acids is 1.